The van der Waals surface area contributed by atoms with E-state index in [9.17, 15) is 0 Å². The fourth-order valence-corrected chi connectivity index (χ4v) is 7.93. The fourth-order valence-electron chi connectivity index (χ4n) is 6.66. The number of thiophene rings is 1. The highest BCUT2D eigenvalue weighted by molar-refractivity contribution is 7.27. The summed E-state index contributed by atoms with van der Waals surface area (Å²) in [5.74, 6) is 0. The highest BCUT2D eigenvalue weighted by atomic mass is 32.1. The lowest BCUT2D eigenvalue weighted by molar-refractivity contribution is -0.614. The maximum absolute atomic E-state index is 5.32. The van der Waals surface area contributed by atoms with Crippen LogP contribution >= 0.6 is 11.3 Å². The monoisotopic (exact) mass is 530 g/mol. The standard InChI is InChI=1S/C36H23N3S/c1-2-12-22(13-3-1)33-36(38-28-19-9-8-18-27(28)37-33)39-29-20-10-6-16-25(29)31-23-14-4-5-15-24(23)32-26-17-7-11-21-30(26)40-35(32)34(31)39/h1-21,36,38H/p+1. The Kier molecular flexibility index (Phi) is 4.62. The number of rotatable bonds is 2. The van der Waals surface area contributed by atoms with Crippen molar-refractivity contribution in [2.45, 2.75) is 6.17 Å². The van der Waals surface area contributed by atoms with E-state index in [4.69, 9.17) is 4.99 Å². The number of fused-ring (bicyclic) bond motifs is 11. The molecule has 0 saturated heterocycles. The Morgan fingerprint density at radius 3 is 2.10 bits per heavy atom. The van der Waals surface area contributed by atoms with E-state index in [-0.39, 0.29) is 6.17 Å². The molecule has 0 amide bonds. The van der Waals surface area contributed by atoms with Crippen molar-refractivity contribution in [2.24, 2.45) is 4.99 Å². The van der Waals surface area contributed by atoms with Crippen LogP contribution in [0.3, 0.4) is 0 Å². The number of aliphatic imine (C=N–C) groups is 1. The number of para-hydroxylation sites is 3. The summed E-state index contributed by atoms with van der Waals surface area (Å²) in [4.78, 5) is 5.32. The molecule has 2 aromatic heterocycles. The molecule has 0 aliphatic carbocycles. The molecule has 1 atom stereocenters. The van der Waals surface area contributed by atoms with Crippen molar-refractivity contribution in [3.8, 4) is 0 Å². The molecule has 6 aromatic carbocycles. The summed E-state index contributed by atoms with van der Waals surface area (Å²) >= 11 is 1.91. The summed E-state index contributed by atoms with van der Waals surface area (Å²) in [7, 11) is 0. The summed E-state index contributed by atoms with van der Waals surface area (Å²) < 4.78 is 5.23. The van der Waals surface area contributed by atoms with Crippen molar-refractivity contribution in [3.05, 3.63) is 133 Å². The van der Waals surface area contributed by atoms with Gasteiger partial charge in [0.15, 0.2) is 5.69 Å². The Morgan fingerprint density at radius 2 is 1.25 bits per heavy atom. The molecule has 0 fully saturated rings. The number of hydrogen-bond acceptors (Lipinski definition) is 2. The lowest BCUT2D eigenvalue weighted by atomic mass is 9.99. The van der Waals surface area contributed by atoms with Gasteiger partial charge in [-0.3, -0.25) is 9.88 Å². The lowest BCUT2D eigenvalue weighted by Crippen LogP contribution is -2.83. The number of benzene rings is 6. The molecule has 4 heteroatoms. The molecule has 40 heavy (non-hydrogen) atoms. The minimum absolute atomic E-state index is 0.0609. The van der Waals surface area contributed by atoms with E-state index in [1.54, 1.807) is 0 Å². The van der Waals surface area contributed by atoms with E-state index in [0.29, 0.717) is 0 Å². The third kappa shape index (κ3) is 3.00. The Balaban J connectivity index is 1.50. The molecule has 188 valence electrons. The Bertz CT molecular complexity index is 2310. The summed E-state index contributed by atoms with van der Waals surface area (Å²) in [6, 6.07) is 45.8. The summed E-state index contributed by atoms with van der Waals surface area (Å²) in [5.41, 5.74) is 6.95. The predicted molar refractivity (Wildman–Crippen MR) is 170 cm³/mol. The van der Waals surface area contributed by atoms with Gasteiger partial charge in [-0.15, -0.1) is 11.3 Å². The third-order valence-corrected chi connectivity index (χ3v) is 9.51. The highest BCUT2D eigenvalue weighted by Crippen LogP contribution is 2.48. The van der Waals surface area contributed by atoms with Crippen LogP contribution in [0.1, 0.15) is 11.7 Å². The number of nitrogens with zero attached hydrogens (tertiary/aromatic N) is 2. The topological polar surface area (TPSA) is 33.9 Å². The summed E-state index contributed by atoms with van der Waals surface area (Å²) in [6.45, 7) is 0. The van der Waals surface area contributed by atoms with Gasteiger partial charge in [-0.25, -0.2) is 4.99 Å². The quantitative estimate of drug-likeness (QED) is 0.217. The van der Waals surface area contributed by atoms with Crippen molar-refractivity contribution in [2.75, 3.05) is 0 Å². The van der Waals surface area contributed by atoms with Gasteiger partial charge in [-0.05, 0) is 29.0 Å². The van der Waals surface area contributed by atoms with E-state index in [2.05, 4.69) is 137 Å². The van der Waals surface area contributed by atoms with Crippen LogP contribution in [0.2, 0.25) is 0 Å². The van der Waals surface area contributed by atoms with Gasteiger partial charge >= 0.3 is 0 Å². The summed E-state index contributed by atoms with van der Waals surface area (Å²) in [5, 5.41) is 10.3. The van der Waals surface area contributed by atoms with E-state index in [1.807, 2.05) is 11.3 Å². The molecule has 0 radical (unpaired) electrons. The van der Waals surface area contributed by atoms with Gasteiger partial charge in [0.05, 0.1) is 15.7 Å². The SMILES string of the molecule is c1ccc(C2=Nc3ccccc3[NH2+]C2n2c3ccccc3c3c4ccccc4c4c5ccccc5sc4c32)cc1. The normalized spacial score (nSPS) is 15.3. The smallest absolute Gasteiger partial charge is 0.215 e. The molecule has 0 bridgehead atoms. The molecule has 1 unspecified atom stereocenters. The van der Waals surface area contributed by atoms with Gasteiger partial charge in [0.1, 0.15) is 11.4 Å². The minimum atomic E-state index is -0.0609. The Morgan fingerprint density at radius 1 is 0.600 bits per heavy atom. The molecule has 8 aromatic rings. The number of quaternary nitrogens is 1. The van der Waals surface area contributed by atoms with Crippen LogP contribution in [0.25, 0.3) is 52.8 Å². The van der Waals surface area contributed by atoms with Crippen LogP contribution in [0.5, 0.6) is 0 Å². The van der Waals surface area contributed by atoms with Crippen LogP contribution in [0.15, 0.2) is 132 Å². The first kappa shape index (κ1) is 22.1. The molecule has 1 aliphatic heterocycles. The third-order valence-electron chi connectivity index (χ3n) is 8.33. The maximum Gasteiger partial charge on any atom is 0.215 e. The highest BCUT2D eigenvalue weighted by Gasteiger charge is 2.33. The van der Waals surface area contributed by atoms with Crippen LogP contribution in [-0.4, -0.2) is 10.3 Å². The Hall–Kier alpha value is -4.77. The predicted octanol–water partition coefficient (Wildman–Crippen LogP) is 8.84. The van der Waals surface area contributed by atoms with E-state index in [1.165, 1.54) is 58.4 Å². The van der Waals surface area contributed by atoms with Crippen LogP contribution in [-0.2, 0) is 0 Å². The second kappa shape index (κ2) is 8.36. The van der Waals surface area contributed by atoms with E-state index in [0.717, 1.165) is 17.0 Å². The van der Waals surface area contributed by atoms with Crippen LogP contribution in [0.4, 0.5) is 11.4 Å². The second-order valence-corrected chi connectivity index (χ2v) is 11.5. The van der Waals surface area contributed by atoms with E-state index < -0.39 is 0 Å². The fraction of sp³-hybridized carbons (Fsp3) is 0.0278. The number of hydrogen-bond donors (Lipinski definition) is 1. The number of aromatic nitrogens is 1. The first-order valence-corrected chi connectivity index (χ1v) is 14.5. The first-order chi connectivity index (χ1) is 19.9. The molecular weight excluding hydrogens is 506 g/mol. The lowest BCUT2D eigenvalue weighted by Gasteiger charge is -2.26. The molecule has 2 N–H and O–H groups in total. The zero-order chi connectivity index (χ0) is 26.2. The molecular formula is C36H24N3S+. The van der Waals surface area contributed by atoms with Crippen molar-refractivity contribution >= 4 is 81.2 Å². The summed E-state index contributed by atoms with van der Waals surface area (Å²) in [6.07, 6.45) is -0.0609. The zero-order valence-electron chi connectivity index (χ0n) is 21.6. The maximum atomic E-state index is 5.32. The molecule has 3 nitrogen and oxygen atoms in total. The largest absolute Gasteiger partial charge is 0.287 e. The van der Waals surface area contributed by atoms with Crippen LogP contribution < -0.4 is 5.32 Å². The molecule has 9 rings (SSSR count). The molecule has 3 heterocycles. The molecule has 0 saturated carbocycles. The number of nitrogens with two attached hydrogens (primary N) is 1. The average Bonchev–Trinajstić information content (AvgIpc) is 3.58. The van der Waals surface area contributed by atoms with Crippen molar-refractivity contribution in [1.82, 2.24) is 4.57 Å². The Labute approximate surface area is 234 Å². The van der Waals surface area contributed by atoms with Gasteiger partial charge in [0.2, 0.25) is 6.17 Å². The first-order valence-electron chi connectivity index (χ1n) is 13.7. The van der Waals surface area contributed by atoms with Crippen molar-refractivity contribution in [3.63, 3.8) is 0 Å². The average molecular weight is 531 g/mol. The minimum Gasteiger partial charge on any atom is -0.287 e. The van der Waals surface area contributed by atoms with Gasteiger partial charge in [-0.2, -0.15) is 0 Å². The van der Waals surface area contributed by atoms with Crippen molar-refractivity contribution in [1.29, 1.82) is 0 Å². The molecule has 0 spiro atoms. The van der Waals surface area contributed by atoms with Crippen LogP contribution in [0, 0.1) is 0 Å². The van der Waals surface area contributed by atoms with E-state index >= 15 is 0 Å². The van der Waals surface area contributed by atoms with Gasteiger partial charge in [-0.1, -0.05) is 103 Å². The molecule has 1 aliphatic rings. The zero-order valence-corrected chi connectivity index (χ0v) is 22.4. The van der Waals surface area contributed by atoms with Gasteiger partial charge < -0.3 is 0 Å². The second-order valence-electron chi connectivity index (χ2n) is 10.5. The van der Waals surface area contributed by atoms with Gasteiger partial charge in [0.25, 0.3) is 0 Å². The van der Waals surface area contributed by atoms with Crippen molar-refractivity contribution < 1.29 is 5.32 Å². The van der Waals surface area contributed by atoms with Gasteiger partial charge in [0, 0.05) is 37.9 Å².